The van der Waals surface area contributed by atoms with E-state index in [1.54, 1.807) is 12.1 Å². The molecule has 0 bridgehead atoms. The molecule has 0 saturated heterocycles. The highest BCUT2D eigenvalue weighted by Crippen LogP contribution is 2.21. The Morgan fingerprint density at radius 3 is 2.36 bits per heavy atom. The van der Waals surface area contributed by atoms with Gasteiger partial charge in [0.25, 0.3) is 5.91 Å². The third-order valence-electron chi connectivity index (χ3n) is 3.57. The number of hydrazone groups is 1. The molecule has 0 atom stereocenters. The number of ether oxygens (including phenoxy) is 1. The molecule has 0 fully saturated rings. The van der Waals surface area contributed by atoms with Crippen molar-refractivity contribution in [1.82, 2.24) is 5.43 Å². The lowest BCUT2D eigenvalue weighted by atomic mass is 10.1. The second-order valence-electron chi connectivity index (χ2n) is 5.60. The summed E-state index contributed by atoms with van der Waals surface area (Å²) in [5.74, 6) is 0.0675. The molecule has 0 spiro atoms. The molecule has 8 nitrogen and oxygen atoms in total. The molecule has 1 aromatic heterocycles. The zero-order chi connectivity index (χ0) is 20.0. The van der Waals surface area contributed by atoms with Gasteiger partial charge in [-0.05, 0) is 35.4 Å². The Morgan fingerprint density at radius 2 is 1.71 bits per heavy atom. The van der Waals surface area contributed by atoms with Crippen molar-refractivity contribution < 1.29 is 26.9 Å². The highest BCUT2D eigenvalue weighted by atomic mass is 32.2. The quantitative estimate of drug-likeness (QED) is 0.358. The van der Waals surface area contributed by atoms with Gasteiger partial charge in [0, 0.05) is 0 Å². The van der Waals surface area contributed by atoms with Crippen molar-refractivity contribution in [2.75, 3.05) is 6.61 Å². The molecule has 3 rings (SSSR count). The number of hydrogen-bond donors (Lipinski definition) is 2. The average molecular weight is 400 g/mol. The molecular weight excluding hydrogens is 384 g/mol. The van der Waals surface area contributed by atoms with E-state index in [1.165, 1.54) is 6.07 Å². The van der Waals surface area contributed by atoms with Gasteiger partial charge in [0.15, 0.2) is 6.61 Å². The number of benzene rings is 2. The van der Waals surface area contributed by atoms with Crippen molar-refractivity contribution in [2.45, 2.75) is 5.09 Å². The second-order valence-corrected chi connectivity index (χ2v) is 6.96. The van der Waals surface area contributed by atoms with Crippen molar-refractivity contribution in [3.05, 3.63) is 72.5 Å². The highest BCUT2D eigenvalue weighted by molar-refractivity contribution is 7.85. The van der Waals surface area contributed by atoms with Crippen LogP contribution in [0.25, 0.3) is 11.1 Å². The van der Waals surface area contributed by atoms with Crippen LogP contribution in [0, 0.1) is 0 Å². The van der Waals surface area contributed by atoms with E-state index in [0.29, 0.717) is 5.75 Å². The van der Waals surface area contributed by atoms with Crippen LogP contribution in [-0.4, -0.2) is 31.7 Å². The first-order chi connectivity index (χ1) is 13.4. The molecule has 28 heavy (non-hydrogen) atoms. The third kappa shape index (κ3) is 5.29. The van der Waals surface area contributed by atoms with Crippen LogP contribution in [0.15, 0.2) is 81.3 Å². The Labute approximate surface area is 161 Å². The molecule has 2 aromatic carbocycles. The number of amides is 1. The average Bonchev–Trinajstić information content (AvgIpc) is 3.17. The van der Waals surface area contributed by atoms with Gasteiger partial charge in [-0.2, -0.15) is 13.5 Å². The topological polar surface area (TPSA) is 118 Å². The number of hydrogen-bond acceptors (Lipinski definition) is 6. The molecule has 2 N–H and O–H groups in total. The third-order valence-corrected chi connectivity index (χ3v) is 4.30. The predicted octanol–water partition coefficient (Wildman–Crippen LogP) is 2.72. The Kier molecular flexibility index (Phi) is 5.87. The van der Waals surface area contributed by atoms with Gasteiger partial charge in [0.05, 0.1) is 6.21 Å². The fourth-order valence-corrected chi connectivity index (χ4v) is 2.71. The highest BCUT2D eigenvalue weighted by Gasteiger charge is 2.14. The molecule has 0 unspecified atom stereocenters. The van der Waals surface area contributed by atoms with Gasteiger partial charge in [0.1, 0.15) is 11.5 Å². The molecule has 9 heteroatoms. The van der Waals surface area contributed by atoms with Crippen molar-refractivity contribution in [1.29, 1.82) is 0 Å². The summed E-state index contributed by atoms with van der Waals surface area (Å²) in [5.41, 5.74) is 4.33. The van der Waals surface area contributed by atoms with Crippen molar-refractivity contribution >= 4 is 22.2 Å². The molecule has 3 aromatic rings. The van der Waals surface area contributed by atoms with Crippen molar-refractivity contribution in [3.63, 3.8) is 0 Å². The zero-order valence-electron chi connectivity index (χ0n) is 14.5. The lowest BCUT2D eigenvalue weighted by Crippen LogP contribution is -2.24. The van der Waals surface area contributed by atoms with Gasteiger partial charge < -0.3 is 9.15 Å². The van der Waals surface area contributed by atoms with E-state index in [4.69, 9.17) is 13.7 Å². The lowest BCUT2D eigenvalue weighted by molar-refractivity contribution is -0.123. The van der Waals surface area contributed by atoms with E-state index in [-0.39, 0.29) is 12.4 Å². The van der Waals surface area contributed by atoms with Gasteiger partial charge in [-0.1, -0.05) is 42.5 Å². The minimum atomic E-state index is -4.42. The number of rotatable bonds is 7. The fourth-order valence-electron chi connectivity index (χ4n) is 2.27. The van der Waals surface area contributed by atoms with Crippen LogP contribution in [0.5, 0.6) is 5.75 Å². The van der Waals surface area contributed by atoms with E-state index in [0.717, 1.165) is 23.4 Å². The zero-order valence-corrected chi connectivity index (χ0v) is 15.3. The SMILES string of the molecule is O=C(COc1ccc(-c2ccccc2)cc1)N/N=C\c1ccc(S(=O)(=O)O)o1. The van der Waals surface area contributed by atoms with E-state index in [9.17, 15) is 13.2 Å². The van der Waals surface area contributed by atoms with Crippen molar-refractivity contribution in [2.24, 2.45) is 5.10 Å². The maximum absolute atomic E-state index is 11.7. The number of carbonyl (C=O) groups excluding carboxylic acids is 1. The van der Waals surface area contributed by atoms with Crippen LogP contribution in [0.2, 0.25) is 0 Å². The lowest BCUT2D eigenvalue weighted by Gasteiger charge is -2.06. The van der Waals surface area contributed by atoms with Gasteiger partial charge in [-0.15, -0.1) is 0 Å². The first-order valence-electron chi connectivity index (χ1n) is 8.09. The summed E-state index contributed by atoms with van der Waals surface area (Å²) < 4.78 is 40.8. The van der Waals surface area contributed by atoms with Crippen LogP contribution in [0.1, 0.15) is 5.76 Å². The summed E-state index contributed by atoms with van der Waals surface area (Å²) in [6.45, 7) is -0.254. The first kappa shape index (κ1) is 19.3. The summed E-state index contributed by atoms with van der Waals surface area (Å²) in [6.07, 6.45) is 1.10. The summed E-state index contributed by atoms with van der Waals surface area (Å²) >= 11 is 0. The van der Waals surface area contributed by atoms with Crippen LogP contribution < -0.4 is 10.2 Å². The van der Waals surface area contributed by atoms with Crippen molar-refractivity contribution in [3.8, 4) is 16.9 Å². The van der Waals surface area contributed by atoms with Gasteiger partial charge in [-0.25, -0.2) is 5.43 Å². The minimum absolute atomic E-state index is 0.0466. The van der Waals surface area contributed by atoms with Gasteiger partial charge in [0.2, 0.25) is 5.09 Å². The summed E-state index contributed by atoms with van der Waals surface area (Å²) in [6, 6.07) is 19.5. The standard InChI is InChI=1S/C19H16N2O6S/c22-18(21-20-12-17-10-11-19(27-17)28(23,24)25)13-26-16-8-6-15(7-9-16)14-4-2-1-3-5-14/h1-12H,13H2,(H,21,22)(H,23,24,25)/b20-12-. The largest absolute Gasteiger partial charge is 0.484 e. The fraction of sp³-hybridized carbons (Fsp3) is 0.0526. The number of nitrogens with one attached hydrogen (secondary N) is 1. The number of carbonyl (C=O) groups is 1. The Balaban J connectivity index is 1.48. The summed E-state index contributed by atoms with van der Waals surface area (Å²) in [7, 11) is -4.42. The van der Waals surface area contributed by atoms with Crippen LogP contribution in [-0.2, 0) is 14.9 Å². The van der Waals surface area contributed by atoms with E-state index in [2.05, 4.69) is 10.5 Å². The molecular formula is C19H16N2O6S. The van der Waals surface area contributed by atoms with Crippen LogP contribution in [0.4, 0.5) is 0 Å². The van der Waals surface area contributed by atoms with Crippen LogP contribution in [0.3, 0.4) is 0 Å². The predicted molar refractivity (Wildman–Crippen MR) is 102 cm³/mol. The Bertz CT molecular complexity index is 1070. The summed E-state index contributed by atoms with van der Waals surface area (Å²) in [5, 5.41) is 3.02. The monoisotopic (exact) mass is 400 g/mol. The number of nitrogens with zero attached hydrogens (tertiary/aromatic N) is 1. The Morgan fingerprint density at radius 1 is 1.04 bits per heavy atom. The maximum atomic E-state index is 11.7. The molecule has 144 valence electrons. The molecule has 0 aliphatic carbocycles. The molecule has 0 aliphatic heterocycles. The smallest absolute Gasteiger partial charge is 0.328 e. The van der Waals surface area contributed by atoms with E-state index < -0.39 is 21.1 Å². The van der Waals surface area contributed by atoms with E-state index in [1.807, 2.05) is 42.5 Å². The first-order valence-corrected chi connectivity index (χ1v) is 9.53. The Hall–Kier alpha value is -3.43. The van der Waals surface area contributed by atoms with Crippen LogP contribution >= 0.6 is 0 Å². The second kappa shape index (κ2) is 8.51. The van der Waals surface area contributed by atoms with E-state index >= 15 is 0 Å². The molecule has 0 saturated carbocycles. The van der Waals surface area contributed by atoms with Gasteiger partial charge >= 0.3 is 10.1 Å². The molecule has 0 aliphatic rings. The molecule has 0 radical (unpaired) electrons. The summed E-state index contributed by atoms with van der Waals surface area (Å²) in [4.78, 5) is 11.7. The minimum Gasteiger partial charge on any atom is -0.484 e. The van der Waals surface area contributed by atoms with Gasteiger partial charge in [-0.3, -0.25) is 9.35 Å². The molecule has 1 amide bonds. The molecule has 1 heterocycles. The maximum Gasteiger partial charge on any atom is 0.328 e. The normalized spacial score (nSPS) is 11.5. The number of furan rings is 1.